The number of rotatable bonds is 27. The van der Waals surface area contributed by atoms with E-state index in [-0.39, 0.29) is 38.9 Å². The molecule has 16 nitrogen and oxygen atoms in total. The molecule has 0 saturated heterocycles. The van der Waals surface area contributed by atoms with Gasteiger partial charge < -0.3 is 52.4 Å². The highest BCUT2D eigenvalue weighted by molar-refractivity contribution is 8.76. The maximum Gasteiger partial charge on any atom is 0.408 e. The second kappa shape index (κ2) is 27.1. The summed E-state index contributed by atoms with van der Waals surface area (Å²) in [5, 5.41) is 29.4. The minimum absolute atomic E-state index is 0.0358. The molecule has 54 heavy (non-hydrogen) atoms. The lowest BCUT2D eigenvalue weighted by Gasteiger charge is -2.22. The predicted octanol–water partition coefficient (Wildman–Crippen LogP) is 3.13. The van der Waals surface area contributed by atoms with E-state index in [1.54, 1.807) is 48.5 Å². The van der Waals surface area contributed by atoms with E-state index >= 15 is 0 Å². The molecule has 0 aliphatic rings. The second-order valence-corrected chi connectivity index (χ2v) is 14.8. The fraction of sp³-hybridized carbons (Fsp3) is 0.500. The molecule has 0 fully saturated rings. The van der Waals surface area contributed by atoms with Crippen LogP contribution in [0.15, 0.2) is 60.7 Å². The van der Waals surface area contributed by atoms with Crippen molar-refractivity contribution in [1.82, 2.24) is 21.3 Å². The van der Waals surface area contributed by atoms with Crippen LogP contribution in [0.1, 0.15) is 62.5 Å². The van der Waals surface area contributed by atoms with Crippen molar-refractivity contribution < 1.29 is 48.5 Å². The van der Waals surface area contributed by atoms with Gasteiger partial charge in [0, 0.05) is 11.5 Å². The first-order chi connectivity index (χ1) is 26.0. The van der Waals surface area contributed by atoms with E-state index in [0.717, 1.165) is 11.1 Å². The number of alkyl carbamates (subject to hydrolysis) is 2. The Balaban J connectivity index is 2.01. The van der Waals surface area contributed by atoms with Crippen molar-refractivity contribution in [2.45, 2.75) is 88.7 Å². The fourth-order valence-corrected chi connectivity index (χ4v) is 7.03. The molecule has 4 unspecified atom stereocenters. The highest BCUT2D eigenvalue weighted by atomic mass is 33.1. The molecule has 0 spiro atoms. The van der Waals surface area contributed by atoms with Gasteiger partial charge in [-0.3, -0.25) is 9.59 Å². The van der Waals surface area contributed by atoms with Crippen molar-refractivity contribution in [3.63, 3.8) is 0 Å². The van der Waals surface area contributed by atoms with E-state index < -0.39 is 60.1 Å². The number of nitrogens with one attached hydrogen (secondary N) is 4. The van der Waals surface area contributed by atoms with Crippen molar-refractivity contribution in [2.75, 3.05) is 24.6 Å². The van der Waals surface area contributed by atoms with Crippen LogP contribution in [0.4, 0.5) is 9.59 Å². The second-order valence-electron chi connectivity index (χ2n) is 12.1. The van der Waals surface area contributed by atoms with Crippen molar-refractivity contribution in [3.8, 4) is 0 Å². The van der Waals surface area contributed by atoms with Crippen LogP contribution in [0.3, 0.4) is 0 Å². The van der Waals surface area contributed by atoms with Crippen LogP contribution in [0, 0.1) is 0 Å². The van der Waals surface area contributed by atoms with Crippen LogP contribution in [-0.4, -0.2) is 94.9 Å². The summed E-state index contributed by atoms with van der Waals surface area (Å²) >= 11 is 0. The standard InChI is InChI=1S/C36H52N6O10S2/c37-19-9-7-15-29(33(45)46)39-31(43)27(41-35(49)51-23-25-11-3-1-4-12-25)17-21-53-54-22-18-28(32(44)40-30(34(47)48)16-8-10-20-38)42-36(50)52-24-26-13-5-2-6-14-26/h1-6,11-14,27-30H,7-10,15-24,37-38H2,(H,39,43)(H,40,44)(H,41,49)(H,42,50)(H,45,46)(H,47,48). The van der Waals surface area contributed by atoms with E-state index in [2.05, 4.69) is 21.3 Å². The van der Waals surface area contributed by atoms with Gasteiger partial charge in [-0.1, -0.05) is 82.3 Å². The minimum Gasteiger partial charge on any atom is -0.480 e. The zero-order valence-electron chi connectivity index (χ0n) is 30.1. The highest BCUT2D eigenvalue weighted by Crippen LogP contribution is 2.24. The summed E-state index contributed by atoms with van der Waals surface area (Å²) in [6.45, 7) is 0.687. The maximum atomic E-state index is 13.2. The zero-order valence-corrected chi connectivity index (χ0v) is 31.7. The summed E-state index contributed by atoms with van der Waals surface area (Å²) in [5.74, 6) is -3.16. The normalized spacial score (nSPS) is 13.0. The molecule has 0 heterocycles. The molecular weight excluding hydrogens is 741 g/mol. The Morgan fingerprint density at radius 3 is 1.24 bits per heavy atom. The zero-order chi connectivity index (χ0) is 39.6. The number of hydrogen-bond donors (Lipinski definition) is 8. The third-order valence-corrected chi connectivity index (χ3v) is 10.3. The third-order valence-electron chi connectivity index (χ3n) is 7.83. The van der Waals surface area contributed by atoms with Gasteiger partial charge in [0.1, 0.15) is 37.4 Å². The first-order valence-corrected chi connectivity index (χ1v) is 20.2. The molecule has 2 aromatic carbocycles. The average molecular weight is 793 g/mol. The van der Waals surface area contributed by atoms with Crippen LogP contribution < -0.4 is 32.7 Å². The summed E-state index contributed by atoms with van der Waals surface area (Å²) in [6.07, 6.45) is 0.984. The lowest BCUT2D eigenvalue weighted by atomic mass is 10.1. The van der Waals surface area contributed by atoms with Gasteiger partial charge >= 0.3 is 24.1 Å². The molecule has 2 rings (SSSR count). The Morgan fingerprint density at radius 1 is 0.537 bits per heavy atom. The van der Waals surface area contributed by atoms with Gasteiger partial charge in [0.2, 0.25) is 11.8 Å². The predicted molar refractivity (Wildman–Crippen MR) is 206 cm³/mol. The topological polar surface area (TPSA) is 262 Å². The number of carboxylic acids is 2. The summed E-state index contributed by atoms with van der Waals surface area (Å²) in [6, 6.07) is 13.3. The lowest BCUT2D eigenvalue weighted by molar-refractivity contribution is -0.142. The number of hydrogen-bond acceptors (Lipinski definition) is 12. The number of carboxylic acid groups (broad SMARTS) is 2. The van der Waals surface area contributed by atoms with Gasteiger partial charge in [0.05, 0.1) is 0 Å². The third kappa shape index (κ3) is 19.5. The number of unbranched alkanes of at least 4 members (excludes halogenated alkanes) is 2. The molecule has 0 bridgehead atoms. The number of carbonyl (C=O) groups excluding carboxylic acids is 4. The molecule has 4 atom stereocenters. The molecule has 2 aromatic rings. The summed E-state index contributed by atoms with van der Waals surface area (Å²) in [4.78, 5) is 75.4. The van der Waals surface area contributed by atoms with Crippen LogP contribution in [-0.2, 0) is 41.9 Å². The van der Waals surface area contributed by atoms with Crippen LogP contribution in [0.5, 0.6) is 0 Å². The van der Waals surface area contributed by atoms with E-state index in [9.17, 15) is 39.0 Å². The molecule has 0 saturated carbocycles. The number of amides is 4. The van der Waals surface area contributed by atoms with Crippen molar-refractivity contribution in [3.05, 3.63) is 71.8 Å². The number of benzene rings is 2. The number of nitrogens with two attached hydrogens (primary N) is 2. The lowest BCUT2D eigenvalue weighted by Crippen LogP contribution is -2.52. The monoisotopic (exact) mass is 792 g/mol. The van der Waals surface area contributed by atoms with E-state index in [1.807, 2.05) is 12.1 Å². The highest BCUT2D eigenvalue weighted by Gasteiger charge is 2.28. The van der Waals surface area contributed by atoms with Crippen LogP contribution >= 0.6 is 21.6 Å². The maximum absolute atomic E-state index is 13.2. The van der Waals surface area contributed by atoms with Crippen LogP contribution in [0.2, 0.25) is 0 Å². The Bertz CT molecular complexity index is 1340. The molecule has 4 amide bonds. The van der Waals surface area contributed by atoms with Gasteiger partial charge in [-0.15, -0.1) is 0 Å². The molecule has 18 heteroatoms. The molecular formula is C36H52N6O10S2. The molecule has 0 aromatic heterocycles. The Morgan fingerprint density at radius 2 is 0.907 bits per heavy atom. The first kappa shape index (κ1) is 45.6. The van der Waals surface area contributed by atoms with Gasteiger partial charge in [-0.2, -0.15) is 0 Å². The van der Waals surface area contributed by atoms with Crippen LogP contribution in [0.25, 0.3) is 0 Å². The fourth-order valence-electron chi connectivity index (χ4n) is 4.85. The molecule has 0 aliphatic heterocycles. The van der Waals surface area contributed by atoms with Gasteiger partial charge in [0.25, 0.3) is 0 Å². The summed E-state index contributed by atoms with van der Waals surface area (Å²) in [7, 11) is 2.65. The number of carbonyl (C=O) groups is 6. The van der Waals surface area contributed by atoms with Crippen molar-refractivity contribution in [1.29, 1.82) is 0 Å². The first-order valence-electron chi connectivity index (χ1n) is 17.7. The van der Waals surface area contributed by atoms with Gasteiger partial charge in [-0.25, -0.2) is 19.2 Å². The molecule has 0 radical (unpaired) electrons. The Hall–Kier alpha value is -4.52. The Kier molecular flexibility index (Phi) is 22.9. The van der Waals surface area contributed by atoms with Gasteiger partial charge in [-0.05, 0) is 75.6 Å². The van der Waals surface area contributed by atoms with Crippen molar-refractivity contribution in [2.24, 2.45) is 11.5 Å². The molecule has 0 aliphatic carbocycles. The van der Waals surface area contributed by atoms with Gasteiger partial charge in [0.15, 0.2) is 0 Å². The van der Waals surface area contributed by atoms with E-state index in [4.69, 9.17) is 20.9 Å². The number of aliphatic carboxylic acids is 2. The number of ether oxygens (including phenoxy) is 2. The summed E-state index contributed by atoms with van der Waals surface area (Å²) < 4.78 is 10.6. The van der Waals surface area contributed by atoms with E-state index in [1.165, 1.54) is 21.6 Å². The summed E-state index contributed by atoms with van der Waals surface area (Å²) in [5.41, 5.74) is 12.5. The largest absolute Gasteiger partial charge is 0.480 e. The minimum atomic E-state index is -1.21. The van der Waals surface area contributed by atoms with E-state index in [0.29, 0.717) is 50.3 Å². The molecule has 10 N–H and O–H groups in total. The SMILES string of the molecule is NCCCCC(NC(=O)C(CCSSCCC(NC(=O)OCc1ccccc1)C(=O)NC(CCCCN)C(=O)O)NC(=O)OCc1ccccc1)C(=O)O. The quantitative estimate of drug-likeness (QED) is 0.0478. The van der Waals surface area contributed by atoms with Crippen molar-refractivity contribution >= 4 is 57.5 Å². The Labute approximate surface area is 323 Å². The average Bonchev–Trinajstić information content (AvgIpc) is 3.16. The smallest absolute Gasteiger partial charge is 0.408 e. The molecule has 298 valence electrons.